The lowest BCUT2D eigenvalue weighted by atomic mass is 10.2. The van der Waals surface area contributed by atoms with E-state index < -0.39 is 0 Å². The van der Waals surface area contributed by atoms with E-state index in [0.717, 1.165) is 37.7 Å². The fourth-order valence-electron chi connectivity index (χ4n) is 2.47. The molecule has 0 bridgehead atoms. The van der Waals surface area contributed by atoms with Crippen LogP contribution in [0.1, 0.15) is 13.8 Å². The molecule has 4 heteroatoms. The van der Waals surface area contributed by atoms with Gasteiger partial charge in [-0.3, -0.25) is 4.90 Å². The van der Waals surface area contributed by atoms with Crippen molar-refractivity contribution in [2.75, 3.05) is 45.2 Å². The summed E-state index contributed by atoms with van der Waals surface area (Å²) < 4.78 is 11.6. The smallest absolute Gasteiger partial charge is 0.119 e. The van der Waals surface area contributed by atoms with E-state index >= 15 is 0 Å². The van der Waals surface area contributed by atoms with Gasteiger partial charge in [0.1, 0.15) is 18.5 Å². The molecule has 1 heterocycles. The molecule has 1 unspecified atom stereocenters. The van der Waals surface area contributed by atoms with Crippen molar-refractivity contribution in [1.29, 1.82) is 0 Å². The number of ether oxygens (including phenoxy) is 2. The maximum atomic E-state index is 5.82. The Morgan fingerprint density at radius 1 is 1.35 bits per heavy atom. The second kappa shape index (κ2) is 7.50. The van der Waals surface area contributed by atoms with Gasteiger partial charge < -0.3 is 14.8 Å². The highest BCUT2D eigenvalue weighted by atomic mass is 16.5. The molecule has 2 rings (SSSR count). The van der Waals surface area contributed by atoms with E-state index in [4.69, 9.17) is 9.47 Å². The minimum absolute atomic E-state index is 0.173. The van der Waals surface area contributed by atoms with Crippen molar-refractivity contribution in [1.82, 2.24) is 4.90 Å². The highest BCUT2D eigenvalue weighted by Gasteiger charge is 2.21. The minimum atomic E-state index is 0.173. The number of hydrogen-bond donors (Lipinski definition) is 1. The number of nitrogens with zero attached hydrogens (tertiary/aromatic N) is 1. The van der Waals surface area contributed by atoms with Crippen LogP contribution < -0.4 is 10.1 Å². The molecular weight excluding hydrogens is 252 g/mol. The van der Waals surface area contributed by atoms with Crippen LogP contribution in [0.15, 0.2) is 24.3 Å². The van der Waals surface area contributed by atoms with E-state index in [2.05, 4.69) is 24.1 Å². The van der Waals surface area contributed by atoms with Crippen LogP contribution in [0.5, 0.6) is 5.75 Å². The Balaban J connectivity index is 1.77. The predicted molar refractivity (Wildman–Crippen MR) is 82.5 cm³/mol. The SMILES string of the molecule is CNc1ccc(OCC2CN(CC(C)C)CCO2)cc1. The monoisotopic (exact) mass is 278 g/mol. The molecule has 1 aliphatic rings. The normalized spacial score (nSPS) is 20.1. The van der Waals surface area contributed by atoms with Gasteiger partial charge in [0.2, 0.25) is 0 Å². The standard InChI is InChI=1S/C16H26N2O2/c1-13(2)10-18-8-9-19-16(11-18)12-20-15-6-4-14(17-3)5-7-15/h4-7,13,16-17H,8-12H2,1-3H3. The lowest BCUT2D eigenvalue weighted by molar-refractivity contribution is -0.0505. The summed E-state index contributed by atoms with van der Waals surface area (Å²) in [5.41, 5.74) is 1.09. The van der Waals surface area contributed by atoms with Crippen LogP contribution >= 0.6 is 0 Å². The number of benzene rings is 1. The number of hydrogen-bond acceptors (Lipinski definition) is 4. The molecule has 1 N–H and O–H groups in total. The molecule has 20 heavy (non-hydrogen) atoms. The zero-order valence-corrected chi connectivity index (χ0v) is 12.8. The van der Waals surface area contributed by atoms with Crippen LogP contribution in [0, 0.1) is 5.92 Å². The highest BCUT2D eigenvalue weighted by molar-refractivity contribution is 5.45. The zero-order valence-electron chi connectivity index (χ0n) is 12.8. The third-order valence-corrected chi connectivity index (χ3v) is 3.43. The summed E-state index contributed by atoms with van der Waals surface area (Å²) in [5.74, 6) is 1.59. The van der Waals surface area contributed by atoms with E-state index in [1.54, 1.807) is 0 Å². The first-order valence-corrected chi connectivity index (χ1v) is 7.42. The number of anilines is 1. The van der Waals surface area contributed by atoms with Crippen LogP contribution in [0.2, 0.25) is 0 Å². The average Bonchev–Trinajstić information content (AvgIpc) is 2.45. The maximum Gasteiger partial charge on any atom is 0.119 e. The molecule has 0 aromatic heterocycles. The van der Waals surface area contributed by atoms with Crippen LogP contribution in [-0.4, -0.2) is 50.9 Å². The second-order valence-electron chi connectivity index (χ2n) is 5.73. The molecule has 1 atom stereocenters. The van der Waals surface area contributed by atoms with Gasteiger partial charge in [-0.2, -0.15) is 0 Å². The Labute approximate surface area is 122 Å². The van der Waals surface area contributed by atoms with Crippen molar-refractivity contribution >= 4 is 5.69 Å². The third kappa shape index (κ3) is 4.69. The number of nitrogens with one attached hydrogen (secondary N) is 1. The molecule has 4 nitrogen and oxygen atoms in total. The summed E-state index contributed by atoms with van der Waals surface area (Å²) in [6.07, 6.45) is 0.173. The van der Waals surface area contributed by atoms with Gasteiger partial charge in [0.05, 0.1) is 6.61 Å². The van der Waals surface area contributed by atoms with Gasteiger partial charge in [0, 0.05) is 32.4 Å². The highest BCUT2D eigenvalue weighted by Crippen LogP contribution is 2.16. The van der Waals surface area contributed by atoms with Crippen LogP contribution in [-0.2, 0) is 4.74 Å². The molecule has 1 fully saturated rings. The largest absolute Gasteiger partial charge is 0.491 e. The van der Waals surface area contributed by atoms with Gasteiger partial charge in [0.25, 0.3) is 0 Å². The molecule has 112 valence electrons. The first kappa shape index (κ1) is 15.1. The van der Waals surface area contributed by atoms with Crippen molar-refractivity contribution in [3.05, 3.63) is 24.3 Å². The summed E-state index contributed by atoms with van der Waals surface area (Å²) in [4.78, 5) is 2.46. The Bertz CT molecular complexity index is 392. The summed E-state index contributed by atoms with van der Waals surface area (Å²) in [6.45, 7) is 9.07. The second-order valence-corrected chi connectivity index (χ2v) is 5.73. The van der Waals surface area contributed by atoms with Crippen molar-refractivity contribution < 1.29 is 9.47 Å². The van der Waals surface area contributed by atoms with Gasteiger partial charge >= 0.3 is 0 Å². The Kier molecular flexibility index (Phi) is 5.68. The van der Waals surface area contributed by atoms with E-state index in [1.165, 1.54) is 0 Å². The van der Waals surface area contributed by atoms with Crippen molar-refractivity contribution in [3.63, 3.8) is 0 Å². The van der Waals surface area contributed by atoms with Crippen molar-refractivity contribution in [2.24, 2.45) is 5.92 Å². The Morgan fingerprint density at radius 2 is 2.10 bits per heavy atom. The molecule has 1 saturated heterocycles. The average molecular weight is 278 g/mol. The molecule has 0 radical (unpaired) electrons. The van der Waals surface area contributed by atoms with E-state index in [9.17, 15) is 0 Å². The minimum Gasteiger partial charge on any atom is -0.491 e. The summed E-state index contributed by atoms with van der Waals surface area (Å²) in [7, 11) is 1.91. The van der Waals surface area contributed by atoms with E-state index in [0.29, 0.717) is 12.5 Å². The van der Waals surface area contributed by atoms with Crippen molar-refractivity contribution in [2.45, 2.75) is 20.0 Å². The lowest BCUT2D eigenvalue weighted by Crippen LogP contribution is -2.46. The lowest BCUT2D eigenvalue weighted by Gasteiger charge is -2.33. The molecule has 0 amide bonds. The first-order chi connectivity index (χ1) is 9.67. The van der Waals surface area contributed by atoms with Crippen LogP contribution in [0.25, 0.3) is 0 Å². The summed E-state index contributed by atoms with van der Waals surface area (Å²) in [6, 6.07) is 8.01. The predicted octanol–water partition coefficient (Wildman–Crippen LogP) is 2.46. The zero-order chi connectivity index (χ0) is 14.4. The number of rotatable bonds is 6. The number of morpholine rings is 1. The maximum absolute atomic E-state index is 5.82. The molecule has 0 aliphatic carbocycles. The molecule has 1 aliphatic heterocycles. The molecule has 0 spiro atoms. The fraction of sp³-hybridized carbons (Fsp3) is 0.625. The summed E-state index contributed by atoms with van der Waals surface area (Å²) in [5, 5.41) is 3.10. The molecular formula is C16H26N2O2. The van der Waals surface area contributed by atoms with Gasteiger partial charge in [0.15, 0.2) is 0 Å². The van der Waals surface area contributed by atoms with Crippen molar-refractivity contribution in [3.8, 4) is 5.75 Å². The fourth-order valence-corrected chi connectivity index (χ4v) is 2.47. The topological polar surface area (TPSA) is 33.7 Å². The summed E-state index contributed by atoms with van der Waals surface area (Å²) >= 11 is 0. The van der Waals surface area contributed by atoms with Crippen LogP contribution in [0.4, 0.5) is 5.69 Å². The Morgan fingerprint density at radius 3 is 2.75 bits per heavy atom. The molecule has 0 saturated carbocycles. The Hall–Kier alpha value is -1.26. The molecule has 1 aromatic rings. The third-order valence-electron chi connectivity index (χ3n) is 3.43. The first-order valence-electron chi connectivity index (χ1n) is 7.42. The molecule has 1 aromatic carbocycles. The quantitative estimate of drug-likeness (QED) is 0.866. The van der Waals surface area contributed by atoms with E-state index in [-0.39, 0.29) is 6.10 Å². The van der Waals surface area contributed by atoms with E-state index in [1.807, 2.05) is 31.3 Å². The van der Waals surface area contributed by atoms with Gasteiger partial charge in [-0.05, 0) is 30.2 Å². The van der Waals surface area contributed by atoms with Gasteiger partial charge in [-0.25, -0.2) is 0 Å². The van der Waals surface area contributed by atoms with Gasteiger partial charge in [-0.1, -0.05) is 13.8 Å². The van der Waals surface area contributed by atoms with Gasteiger partial charge in [-0.15, -0.1) is 0 Å². The van der Waals surface area contributed by atoms with Crippen LogP contribution in [0.3, 0.4) is 0 Å².